The molecule has 7 heteroatoms. The number of hydrogen-bond acceptors (Lipinski definition) is 4. The maximum atomic E-state index is 11.9. The van der Waals surface area contributed by atoms with Crippen molar-refractivity contribution in [3.8, 4) is 0 Å². The smallest absolute Gasteiger partial charge is 0.236 e. The molecule has 5 nitrogen and oxygen atoms in total. The summed E-state index contributed by atoms with van der Waals surface area (Å²) in [6.07, 6.45) is 4.00. The highest BCUT2D eigenvalue weighted by Crippen LogP contribution is 2.28. The van der Waals surface area contributed by atoms with Gasteiger partial charge in [-0.05, 0) is 54.3 Å². The van der Waals surface area contributed by atoms with Gasteiger partial charge in [0.25, 0.3) is 0 Å². The number of nitrogens with zero attached hydrogens (tertiary/aromatic N) is 1. The van der Waals surface area contributed by atoms with Crippen LogP contribution in [-0.2, 0) is 14.8 Å². The van der Waals surface area contributed by atoms with E-state index in [-0.39, 0.29) is 12.4 Å². The molecule has 1 aliphatic rings. The maximum Gasteiger partial charge on any atom is 0.236 e. The molecule has 19 heavy (non-hydrogen) atoms. The second kappa shape index (κ2) is 6.36. The Hall–Kier alpha value is -0.410. The van der Waals surface area contributed by atoms with E-state index in [9.17, 15) is 8.42 Å². The average Bonchev–Trinajstić information content (AvgIpc) is 3.15. The summed E-state index contributed by atoms with van der Waals surface area (Å²) < 4.78 is 32.6. The molecular formula is C12H17IN2O3S. The molecule has 0 unspecified atom stereocenters. The van der Waals surface area contributed by atoms with Crippen molar-refractivity contribution in [2.24, 2.45) is 5.92 Å². The van der Waals surface area contributed by atoms with Gasteiger partial charge in [-0.1, -0.05) is 0 Å². The third kappa shape index (κ3) is 4.88. The number of aromatic nitrogens is 1. The van der Waals surface area contributed by atoms with E-state index < -0.39 is 10.0 Å². The minimum atomic E-state index is -3.39. The topological polar surface area (TPSA) is 68.3 Å². The van der Waals surface area contributed by atoms with E-state index >= 15 is 0 Å². The first kappa shape index (κ1) is 15.0. The van der Waals surface area contributed by atoms with E-state index in [1.165, 1.54) is 12.8 Å². The molecule has 0 saturated heterocycles. The van der Waals surface area contributed by atoms with Gasteiger partial charge in [-0.3, -0.25) is 4.72 Å². The summed E-state index contributed by atoms with van der Waals surface area (Å²) in [6, 6.07) is 1.84. The van der Waals surface area contributed by atoms with Gasteiger partial charge in [-0.2, -0.15) is 0 Å². The lowest BCUT2D eigenvalue weighted by molar-refractivity contribution is 0.138. The fraction of sp³-hybridized carbons (Fsp3) is 0.583. The lowest BCUT2D eigenvalue weighted by atomic mass is 10.3. The number of halogens is 1. The van der Waals surface area contributed by atoms with Gasteiger partial charge in [-0.15, -0.1) is 0 Å². The van der Waals surface area contributed by atoms with Crippen LogP contribution in [0.2, 0.25) is 0 Å². The van der Waals surface area contributed by atoms with E-state index in [2.05, 4.69) is 32.3 Å². The van der Waals surface area contributed by atoms with Crippen LogP contribution < -0.4 is 4.72 Å². The minimum Gasteiger partial charge on any atom is -0.380 e. The molecule has 0 spiro atoms. The summed E-state index contributed by atoms with van der Waals surface area (Å²) in [4.78, 5) is 4.05. The molecule has 1 aromatic rings. The summed E-state index contributed by atoms with van der Waals surface area (Å²) in [5, 5.41) is 0. The second-order valence-corrected chi connectivity index (χ2v) is 7.71. The van der Waals surface area contributed by atoms with Crippen LogP contribution >= 0.6 is 22.6 Å². The van der Waals surface area contributed by atoms with Gasteiger partial charge < -0.3 is 4.74 Å². The summed E-state index contributed by atoms with van der Waals surface area (Å²) in [5.74, 6) is 1.01. The van der Waals surface area contributed by atoms with Gasteiger partial charge in [0, 0.05) is 21.9 Å². The Bertz CT molecular complexity index is 544. The zero-order valence-electron chi connectivity index (χ0n) is 10.7. The number of sulfonamides is 1. The van der Waals surface area contributed by atoms with Crippen LogP contribution in [0.1, 0.15) is 18.4 Å². The summed E-state index contributed by atoms with van der Waals surface area (Å²) in [5.41, 5.74) is 0.838. The Labute approximate surface area is 127 Å². The molecule has 2 rings (SSSR count). The van der Waals surface area contributed by atoms with Crippen LogP contribution in [0.25, 0.3) is 0 Å². The predicted octanol–water partition coefficient (Wildman–Crippen LogP) is 2.16. The van der Waals surface area contributed by atoms with Crippen molar-refractivity contribution < 1.29 is 13.2 Å². The molecule has 0 bridgehead atoms. The Kier molecular flexibility index (Phi) is 5.02. The SMILES string of the molecule is Cc1c(I)ccnc1NS(=O)(=O)CCOCC1CC1. The fourth-order valence-electron chi connectivity index (χ4n) is 1.52. The number of ether oxygens (including phenoxy) is 1. The van der Waals surface area contributed by atoms with Crippen LogP contribution in [0.4, 0.5) is 5.82 Å². The van der Waals surface area contributed by atoms with Gasteiger partial charge in [-0.25, -0.2) is 13.4 Å². The van der Waals surface area contributed by atoms with Crippen LogP contribution in [0.5, 0.6) is 0 Å². The number of hydrogen-bond donors (Lipinski definition) is 1. The highest BCUT2D eigenvalue weighted by molar-refractivity contribution is 14.1. The standard InChI is InChI=1S/C12H17IN2O3S/c1-9-11(13)4-5-14-12(9)15-19(16,17)7-6-18-8-10-2-3-10/h4-5,10H,2-3,6-8H2,1H3,(H,14,15). The average molecular weight is 396 g/mol. The first-order chi connectivity index (χ1) is 8.98. The highest BCUT2D eigenvalue weighted by atomic mass is 127. The van der Waals surface area contributed by atoms with Gasteiger partial charge in [0.05, 0.1) is 12.4 Å². The first-order valence-electron chi connectivity index (χ1n) is 6.17. The van der Waals surface area contributed by atoms with Crippen molar-refractivity contribution in [3.63, 3.8) is 0 Å². The van der Waals surface area contributed by atoms with Crippen molar-refractivity contribution in [2.45, 2.75) is 19.8 Å². The van der Waals surface area contributed by atoms with Crippen LogP contribution in [0, 0.1) is 16.4 Å². The van der Waals surface area contributed by atoms with Crippen molar-refractivity contribution >= 4 is 38.4 Å². The molecule has 0 amide bonds. The molecule has 1 aromatic heterocycles. The van der Waals surface area contributed by atoms with Crippen LogP contribution in [0.15, 0.2) is 12.3 Å². The van der Waals surface area contributed by atoms with Crippen LogP contribution in [-0.4, -0.2) is 32.4 Å². The number of nitrogens with one attached hydrogen (secondary N) is 1. The normalized spacial score (nSPS) is 15.5. The largest absolute Gasteiger partial charge is 0.380 e. The molecule has 1 N–H and O–H groups in total. The Balaban J connectivity index is 1.86. The summed E-state index contributed by atoms with van der Waals surface area (Å²) >= 11 is 2.15. The lowest BCUT2D eigenvalue weighted by Crippen LogP contribution is -2.21. The molecule has 0 aliphatic heterocycles. The first-order valence-corrected chi connectivity index (χ1v) is 8.90. The quantitative estimate of drug-likeness (QED) is 0.567. The molecule has 0 radical (unpaired) electrons. The van der Waals surface area contributed by atoms with E-state index in [0.717, 1.165) is 9.13 Å². The second-order valence-electron chi connectivity index (χ2n) is 4.71. The zero-order chi connectivity index (χ0) is 13.9. The van der Waals surface area contributed by atoms with Gasteiger partial charge in [0.1, 0.15) is 5.82 Å². The third-order valence-corrected chi connectivity index (χ3v) is 5.31. The zero-order valence-corrected chi connectivity index (χ0v) is 13.7. The molecular weight excluding hydrogens is 379 g/mol. The van der Waals surface area contributed by atoms with E-state index in [1.807, 2.05) is 13.0 Å². The molecule has 1 aliphatic carbocycles. The summed E-state index contributed by atoms with van der Waals surface area (Å²) in [6.45, 7) is 2.75. The monoisotopic (exact) mass is 396 g/mol. The number of anilines is 1. The molecule has 0 aromatic carbocycles. The van der Waals surface area contributed by atoms with E-state index in [0.29, 0.717) is 18.3 Å². The van der Waals surface area contributed by atoms with Crippen molar-refractivity contribution in [1.29, 1.82) is 0 Å². The number of pyridine rings is 1. The maximum absolute atomic E-state index is 11.9. The Morgan fingerprint density at radius 1 is 1.53 bits per heavy atom. The fourth-order valence-corrected chi connectivity index (χ4v) is 2.87. The van der Waals surface area contributed by atoms with Crippen molar-refractivity contribution in [3.05, 3.63) is 21.4 Å². The van der Waals surface area contributed by atoms with Gasteiger partial charge in [0.15, 0.2) is 0 Å². The van der Waals surface area contributed by atoms with Crippen LogP contribution in [0.3, 0.4) is 0 Å². The molecule has 1 fully saturated rings. The lowest BCUT2D eigenvalue weighted by Gasteiger charge is -2.10. The Morgan fingerprint density at radius 2 is 2.26 bits per heavy atom. The molecule has 1 heterocycles. The van der Waals surface area contributed by atoms with Crippen molar-refractivity contribution in [1.82, 2.24) is 4.98 Å². The molecule has 0 atom stereocenters. The minimum absolute atomic E-state index is 0.0354. The third-order valence-electron chi connectivity index (χ3n) is 2.94. The Morgan fingerprint density at radius 3 is 2.95 bits per heavy atom. The molecule has 1 saturated carbocycles. The number of rotatable bonds is 7. The van der Waals surface area contributed by atoms with Crippen molar-refractivity contribution in [2.75, 3.05) is 23.7 Å². The van der Waals surface area contributed by atoms with Gasteiger partial charge >= 0.3 is 0 Å². The van der Waals surface area contributed by atoms with Gasteiger partial charge in [0.2, 0.25) is 10.0 Å². The van der Waals surface area contributed by atoms with E-state index in [4.69, 9.17) is 4.74 Å². The predicted molar refractivity (Wildman–Crippen MR) is 82.6 cm³/mol. The molecule has 106 valence electrons. The highest BCUT2D eigenvalue weighted by Gasteiger charge is 2.21. The van der Waals surface area contributed by atoms with E-state index in [1.54, 1.807) is 6.20 Å². The summed E-state index contributed by atoms with van der Waals surface area (Å²) in [7, 11) is -3.39.